The van der Waals surface area contributed by atoms with Crippen LogP contribution in [0.1, 0.15) is 12.5 Å². The average Bonchev–Trinajstić information content (AvgIpc) is 2.42. The topological polar surface area (TPSA) is 44.7 Å². The lowest BCUT2D eigenvalue weighted by molar-refractivity contribution is 0.252. The van der Waals surface area contributed by atoms with Crippen molar-refractivity contribution >= 4 is 17.3 Å². The van der Waals surface area contributed by atoms with Gasteiger partial charge in [0.1, 0.15) is 5.75 Å². The first-order valence-corrected chi connectivity index (χ1v) is 6.38. The fourth-order valence-corrected chi connectivity index (χ4v) is 1.85. The fraction of sp³-hybridized carbons (Fsp3) is 0.462. The monoisotopic (exact) mass is 268 g/mol. The van der Waals surface area contributed by atoms with Gasteiger partial charge in [0.2, 0.25) is 0 Å². The van der Waals surface area contributed by atoms with Crippen LogP contribution in [0, 0.1) is 0 Å². The van der Waals surface area contributed by atoms with Gasteiger partial charge in [-0.15, -0.1) is 0 Å². The number of hydrogen-bond donors (Lipinski definition) is 2. The summed E-state index contributed by atoms with van der Waals surface area (Å²) < 4.78 is 5.10. The number of aliphatic hydroxyl groups is 1. The SMILES string of the molecule is CCN(CCO)C(=S)NCc1ccc(OC)cc1. The molecule has 0 fully saturated rings. The predicted octanol–water partition coefficient (Wildman–Crippen LogP) is 1.38. The lowest BCUT2D eigenvalue weighted by Gasteiger charge is -2.23. The van der Waals surface area contributed by atoms with E-state index in [0.717, 1.165) is 17.9 Å². The lowest BCUT2D eigenvalue weighted by Crippen LogP contribution is -2.40. The Morgan fingerprint density at radius 2 is 2.06 bits per heavy atom. The Labute approximate surface area is 114 Å². The molecule has 4 nitrogen and oxygen atoms in total. The smallest absolute Gasteiger partial charge is 0.169 e. The van der Waals surface area contributed by atoms with E-state index in [1.54, 1.807) is 7.11 Å². The molecule has 0 unspecified atom stereocenters. The Morgan fingerprint density at radius 3 is 2.56 bits per heavy atom. The van der Waals surface area contributed by atoms with Crippen LogP contribution in [0.15, 0.2) is 24.3 Å². The number of methoxy groups -OCH3 is 1. The standard InChI is InChI=1S/C13H20N2O2S/c1-3-15(8-9-16)13(18)14-10-11-4-6-12(17-2)7-5-11/h4-7,16H,3,8-10H2,1-2H3,(H,14,18). The van der Waals surface area contributed by atoms with Gasteiger partial charge in [0.05, 0.1) is 13.7 Å². The number of benzene rings is 1. The molecule has 0 aliphatic carbocycles. The molecule has 0 heterocycles. The number of nitrogens with one attached hydrogen (secondary N) is 1. The van der Waals surface area contributed by atoms with Crippen molar-refractivity contribution in [3.63, 3.8) is 0 Å². The quantitative estimate of drug-likeness (QED) is 0.763. The van der Waals surface area contributed by atoms with Crippen LogP contribution >= 0.6 is 12.2 Å². The van der Waals surface area contributed by atoms with E-state index in [9.17, 15) is 0 Å². The van der Waals surface area contributed by atoms with Crippen LogP contribution < -0.4 is 10.1 Å². The molecule has 0 atom stereocenters. The van der Waals surface area contributed by atoms with Gasteiger partial charge in [-0.3, -0.25) is 0 Å². The van der Waals surface area contributed by atoms with Crippen molar-refractivity contribution in [3.05, 3.63) is 29.8 Å². The molecule has 0 radical (unpaired) electrons. The van der Waals surface area contributed by atoms with E-state index in [-0.39, 0.29) is 6.61 Å². The Balaban J connectivity index is 2.45. The minimum atomic E-state index is 0.109. The molecule has 0 aliphatic rings. The summed E-state index contributed by atoms with van der Waals surface area (Å²) in [5.41, 5.74) is 1.14. The summed E-state index contributed by atoms with van der Waals surface area (Å²) >= 11 is 5.27. The summed E-state index contributed by atoms with van der Waals surface area (Å²) in [7, 11) is 1.65. The highest BCUT2D eigenvalue weighted by Crippen LogP contribution is 2.10. The number of likely N-dealkylation sites (N-methyl/N-ethyl adjacent to an activating group) is 1. The molecule has 1 rings (SSSR count). The zero-order valence-corrected chi connectivity index (χ0v) is 11.7. The van der Waals surface area contributed by atoms with Crippen LogP contribution in [0.3, 0.4) is 0 Å². The molecule has 0 bridgehead atoms. The third-order valence-corrected chi connectivity index (χ3v) is 3.04. The van der Waals surface area contributed by atoms with E-state index < -0.39 is 0 Å². The number of rotatable bonds is 6. The van der Waals surface area contributed by atoms with Gasteiger partial charge in [-0.05, 0) is 36.8 Å². The van der Waals surface area contributed by atoms with Crippen LogP contribution in [0.4, 0.5) is 0 Å². The Hall–Kier alpha value is -1.33. The highest BCUT2D eigenvalue weighted by molar-refractivity contribution is 7.80. The van der Waals surface area contributed by atoms with Gasteiger partial charge < -0.3 is 20.1 Å². The predicted molar refractivity (Wildman–Crippen MR) is 76.8 cm³/mol. The van der Waals surface area contributed by atoms with Crippen molar-refractivity contribution in [1.29, 1.82) is 0 Å². The molecule has 1 aromatic carbocycles. The summed E-state index contributed by atoms with van der Waals surface area (Å²) in [5, 5.41) is 12.8. The summed E-state index contributed by atoms with van der Waals surface area (Å²) in [6.07, 6.45) is 0. The maximum atomic E-state index is 8.92. The number of aliphatic hydroxyl groups excluding tert-OH is 1. The average molecular weight is 268 g/mol. The van der Waals surface area contributed by atoms with Crippen LogP contribution in [0.2, 0.25) is 0 Å². The fourth-order valence-electron chi connectivity index (χ4n) is 1.56. The van der Waals surface area contributed by atoms with E-state index in [1.165, 1.54) is 0 Å². The van der Waals surface area contributed by atoms with E-state index in [2.05, 4.69) is 5.32 Å². The van der Waals surface area contributed by atoms with Crippen molar-refractivity contribution in [2.45, 2.75) is 13.5 Å². The Kier molecular flexibility index (Phi) is 6.46. The summed E-state index contributed by atoms with van der Waals surface area (Å²) in [4.78, 5) is 1.93. The lowest BCUT2D eigenvalue weighted by atomic mass is 10.2. The second kappa shape index (κ2) is 7.89. The van der Waals surface area contributed by atoms with Gasteiger partial charge in [0.15, 0.2) is 5.11 Å². The molecule has 0 spiro atoms. The van der Waals surface area contributed by atoms with Crippen molar-refractivity contribution in [2.75, 3.05) is 26.8 Å². The Morgan fingerprint density at radius 1 is 1.39 bits per heavy atom. The third-order valence-electron chi connectivity index (χ3n) is 2.64. The molecule has 100 valence electrons. The van der Waals surface area contributed by atoms with Crippen molar-refractivity contribution in [1.82, 2.24) is 10.2 Å². The number of nitrogens with zero attached hydrogens (tertiary/aromatic N) is 1. The molecule has 0 saturated heterocycles. The van der Waals surface area contributed by atoms with Crippen molar-refractivity contribution in [2.24, 2.45) is 0 Å². The summed E-state index contributed by atoms with van der Waals surface area (Å²) in [6, 6.07) is 7.84. The molecule has 1 aromatic rings. The molecule has 0 aromatic heterocycles. The largest absolute Gasteiger partial charge is 0.497 e. The first-order chi connectivity index (χ1) is 8.71. The van der Waals surface area contributed by atoms with Crippen LogP contribution in [-0.4, -0.2) is 41.9 Å². The highest BCUT2D eigenvalue weighted by Gasteiger charge is 2.05. The minimum Gasteiger partial charge on any atom is -0.497 e. The van der Waals surface area contributed by atoms with E-state index in [4.69, 9.17) is 22.1 Å². The minimum absolute atomic E-state index is 0.109. The number of thiocarbonyl (C=S) groups is 1. The zero-order chi connectivity index (χ0) is 13.4. The van der Waals surface area contributed by atoms with Crippen LogP contribution in [0.5, 0.6) is 5.75 Å². The van der Waals surface area contributed by atoms with Gasteiger partial charge in [0.25, 0.3) is 0 Å². The summed E-state index contributed by atoms with van der Waals surface area (Å²) in [6.45, 7) is 4.14. The van der Waals surface area contributed by atoms with Gasteiger partial charge in [0, 0.05) is 19.6 Å². The summed E-state index contributed by atoms with van der Waals surface area (Å²) in [5.74, 6) is 0.844. The molecular weight excluding hydrogens is 248 g/mol. The number of ether oxygens (including phenoxy) is 1. The second-order valence-electron chi connectivity index (χ2n) is 3.81. The third kappa shape index (κ3) is 4.50. The van der Waals surface area contributed by atoms with E-state index in [0.29, 0.717) is 18.2 Å². The first kappa shape index (κ1) is 14.7. The zero-order valence-electron chi connectivity index (χ0n) is 10.8. The highest BCUT2D eigenvalue weighted by atomic mass is 32.1. The molecule has 0 aliphatic heterocycles. The van der Waals surface area contributed by atoms with Gasteiger partial charge >= 0.3 is 0 Å². The van der Waals surface area contributed by atoms with E-state index in [1.807, 2.05) is 36.1 Å². The van der Waals surface area contributed by atoms with Gasteiger partial charge in [-0.1, -0.05) is 12.1 Å². The molecular formula is C13H20N2O2S. The molecule has 0 amide bonds. The van der Waals surface area contributed by atoms with Gasteiger partial charge in [-0.25, -0.2) is 0 Å². The maximum absolute atomic E-state index is 8.92. The van der Waals surface area contributed by atoms with Crippen LogP contribution in [-0.2, 0) is 6.54 Å². The van der Waals surface area contributed by atoms with Gasteiger partial charge in [-0.2, -0.15) is 0 Å². The van der Waals surface area contributed by atoms with Crippen molar-refractivity contribution in [3.8, 4) is 5.75 Å². The van der Waals surface area contributed by atoms with E-state index >= 15 is 0 Å². The molecule has 2 N–H and O–H groups in total. The molecule has 5 heteroatoms. The molecule has 0 saturated carbocycles. The Bertz CT molecular complexity index is 368. The molecule has 18 heavy (non-hydrogen) atoms. The van der Waals surface area contributed by atoms with Crippen LogP contribution in [0.25, 0.3) is 0 Å². The van der Waals surface area contributed by atoms with Crippen molar-refractivity contribution < 1.29 is 9.84 Å². The normalized spacial score (nSPS) is 9.94. The first-order valence-electron chi connectivity index (χ1n) is 5.97. The maximum Gasteiger partial charge on any atom is 0.169 e. The second-order valence-corrected chi connectivity index (χ2v) is 4.20. The number of hydrogen-bond acceptors (Lipinski definition) is 3.